The normalized spacial score (nSPS) is 12.2. The van der Waals surface area contributed by atoms with Gasteiger partial charge in [-0.25, -0.2) is 0 Å². The summed E-state index contributed by atoms with van der Waals surface area (Å²) in [5.74, 6) is 0.209. The van der Waals surface area contributed by atoms with E-state index in [1.165, 1.54) is 4.68 Å². The Bertz CT molecular complexity index is 664. The summed E-state index contributed by atoms with van der Waals surface area (Å²) in [6, 6.07) is 7.69. The Morgan fingerprint density at radius 2 is 2.05 bits per heavy atom. The Hall–Kier alpha value is -2.01. The maximum atomic E-state index is 12.4. The summed E-state index contributed by atoms with van der Waals surface area (Å²) in [5, 5.41) is 7.92. The highest BCUT2D eigenvalue weighted by molar-refractivity contribution is 6.30. The topological polar surface area (TPSA) is 72.9 Å². The number of hydrogen-bond donors (Lipinski definition) is 2. The third kappa shape index (κ3) is 3.60. The molecule has 0 saturated heterocycles. The molecule has 118 valence electrons. The summed E-state index contributed by atoms with van der Waals surface area (Å²) in [4.78, 5) is 12.4. The first-order valence-corrected chi connectivity index (χ1v) is 7.64. The van der Waals surface area contributed by atoms with Gasteiger partial charge in [-0.05, 0) is 37.5 Å². The summed E-state index contributed by atoms with van der Waals surface area (Å²) in [6.45, 7) is 3.83. The molecule has 3 N–H and O–H groups in total. The van der Waals surface area contributed by atoms with Crippen molar-refractivity contribution >= 4 is 23.3 Å². The molecule has 0 fully saturated rings. The van der Waals surface area contributed by atoms with Gasteiger partial charge in [0.2, 0.25) is 0 Å². The number of nitrogens with two attached hydrogens (primary N) is 1. The van der Waals surface area contributed by atoms with Crippen LogP contribution >= 0.6 is 11.6 Å². The predicted octanol–water partition coefficient (Wildman–Crippen LogP) is 2.72. The fraction of sp³-hybridized carbons (Fsp3) is 0.375. The van der Waals surface area contributed by atoms with Gasteiger partial charge >= 0.3 is 0 Å². The van der Waals surface area contributed by atoms with Gasteiger partial charge in [-0.2, -0.15) is 5.10 Å². The minimum Gasteiger partial charge on any atom is -0.383 e. The molecule has 5 nitrogen and oxygen atoms in total. The first-order valence-electron chi connectivity index (χ1n) is 7.26. The van der Waals surface area contributed by atoms with Crippen molar-refractivity contribution in [1.29, 1.82) is 0 Å². The van der Waals surface area contributed by atoms with Crippen LogP contribution in [0.4, 0.5) is 5.82 Å². The van der Waals surface area contributed by atoms with Crippen LogP contribution in [-0.2, 0) is 13.5 Å². The van der Waals surface area contributed by atoms with Gasteiger partial charge in [0.25, 0.3) is 5.91 Å². The van der Waals surface area contributed by atoms with E-state index < -0.39 is 0 Å². The van der Waals surface area contributed by atoms with Crippen molar-refractivity contribution in [2.45, 2.75) is 32.7 Å². The molecule has 0 saturated carbocycles. The Morgan fingerprint density at radius 1 is 1.41 bits per heavy atom. The standard InChI is InChI=1S/C16H21ClN4O/c1-4-13(9-11-5-7-12(17)8-6-11)19-16(22)14-10(2)20-21(3)15(14)18/h5-8,13H,4,9,18H2,1-3H3,(H,19,22)/t13-/m0/s1. The highest BCUT2D eigenvalue weighted by atomic mass is 35.5. The van der Waals surface area contributed by atoms with Crippen LogP contribution in [0.3, 0.4) is 0 Å². The molecule has 22 heavy (non-hydrogen) atoms. The predicted molar refractivity (Wildman–Crippen MR) is 89.1 cm³/mol. The molecule has 2 aromatic rings. The van der Waals surface area contributed by atoms with Gasteiger partial charge in [0, 0.05) is 18.1 Å². The Balaban J connectivity index is 2.09. The number of benzene rings is 1. The number of nitrogens with one attached hydrogen (secondary N) is 1. The molecule has 2 rings (SSSR count). The fourth-order valence-corrected chi connectivity index (χ4v) is 2.54. The zero-order chi connectivity index (χ0) is 16.3. The van der Waals surface area contributed by atoms with Crippen LogP contribution < -0.4 is 11.1 Å². The van der Waals surface area contributed by atoms with E-state index in [2.05, 4.69) is 10.4 Å². The van der Waals surface area contributed by atoms with E-state index in [1.807, 2.05) is 31.2 Å². The fourth-order valence-electron chi connectivity index (χ4n) is 2.42. The van der Waals surface area contributed by atoms with Crippen molar-refractivity contribution in [2.24, 2.45) is 7.05 Å². The maximum Gasteiger partial charge on any atom is 0.257 e. The molecule has 0 aliphatic rings. The number of halogens is 1. The van der Waals surface area contributed by atoms with E-state index in [-0.39, 0.29) is 11.9 Å². The zero-order valence-electron chi connectivity index (χ0n) is 13.1. The molecule has 1 aromatic carbocycles. The number of rotatable bonds is 5. The summed E-state index contributed by atoms with van der Waals surface area (Å²) in [6.07, 6.45) is 1.58. The number of hydrogen-bond acceptors (Lipinski definition) is 3. The molecular formula is C16H21ClN4O. The third-order valence-corrected chi connectivity index (χ3v) is 3.97. The molecule has 1 aromatic heterocycles. The minimum absolute atomic E-state index is 0.0349. The molecule has 1 atom stereocenters. The van der Waals surface area contributed by atoms with E-state index in [0.717, 1.165) is 18.4 Å². The number of carbonyl (C=O) groups is 1. The van der Waals surface area contributed by atoms with E-state index in [9.17, 15) is 4.79 Å². The number of nitrogens with zero attached hydrogens (tertiary/aromatic N) is 2. The van der Waals surface area contributed by atoms with Crippen LogP contribution in [0.2, 0.25) is 5.02 Å². The van der Waals surface area contributed by atoms with E-state index in [1.54, 1.807) is 14.0 Å². The molecular weight excluding hydrogens is 300 g/mol. The van der Waals surface area contributed by atoms with Crippen molar-refractivity contribution in [2.75, 3.05) is 5.73 Å². The number of carbonyl (C=O) groups excluding carboxylic acids is 1. The lowest BCUT2D eigenvalue weighted by Crippen LogP contribution is -2.36. The Morgan fingerprint density at radius 3 is 2.55 bits per heavy atom. The van der Waals surface area contributed by atoms with Crippen molar-refractivity contribution in [3.63, 3.8) is 0 Å². The van der Waals surface area contributed by atoms with Gasteiger partial charge in [0.05, 0.1) is 5.69 Å². The zero-order valence-corrected chi connectivity index (χ0v) is 13.8. The average Bonchev–Trinajstić information content (AvgIpc) is 2.73. The third-order valence-electron chi connectivity index (χ3n) is 3.72. The number of nitrogen functional groups attached to an aromatic ring is 1. The number of anilines is 1. The second kappa shape index (κ2) is 6.83. The molecule has 1 heterocycles. The highest BCUT2D eigenvalue weighted by Crippen LogP contribution is 2.16. The van der Waals surface area contributed by atoms with Gasteiger partial charge in [-0.15, -0.1) is 0 Å². The lowest BCUT2D eigenvalue weighted by atomic mass is 10.0. The second-order valence-electron chi connectivity index (χ2n) is 5.38. The van der Waals surface area contributed by atoms with Gasteiger partial charge in [0.1, 0.15) is 11.4 Å². The molecule has 0 bridgehead atoms. The van der Waals surface area contributed by atoms with Gasteiger partial charge in [-0.1, -0.05) is 30.7 Å². The van der Waals surface area contributed by atoms with Crippen LogP contribution in [0.25, 0.3) is 0 Å². The maximum absolute atomic E-state index is 12.4. The SMILES string of the molecule is CC[C@@H](Cc1ccc(Cl)cc1)NC(=O)c1c(C)nn(C)c1N. The number of aromatic nitrogens is 2. The monoisotopic (exact) mass is 320 g/mol. The number of amides is 1. The van der Waals surface area contributed by atoms with Crippen molar-refractivity contribution in [3.05, 3.63) is 46.1 Å². The van der Waals surface area contributed by atoms with E-state index in [0.29, 0.717) is 22.1 Å². The molecule has 0 aliphatic carbocycles. The Labute approximate surface area is 135 Å². The summed E-state index contributed by atoms with van der Waals surface area (Å²) in [5.41, 5.74) is 8.14. The second-order valence-corrected chi connectivity index (χ2v) is 5.81. The van der Waals surface area contributed by atoms with Crippen LogP contribution in [0, 0.1) is 6.92 Å². The van der Waals surface area contributed by atoms with Crippen molar-refractivity contribution in [1.82, 2.24) is 15.1 Å². The largest absolute Gasteiger partial charge is 0.383 e. The smallest absolute Gasteiger partial charge is 0.257 e. The lowest BCUT2D eigenvalue weighted by molar-refractivity contribution is 0.0936. The van der Waals surface area contributed by atoms with E-state index >= 15 is 0 Å². The molecule has 0 aliphatic heterocycles. The van der Waals surface area contributed by atoms with Crippen molar-refractivity contribution < 1.29 is 4.79 Å². The van der Waals surface area contributed by atoms with Crippen LogP contribution in [0.5, 0.6) is 0 Å². The van der Waals surface area contributed by atoms with Gasteiger partial charge in [-0.3, -0.25) is 9.48 Å². The molecule has 1 amide bonds. The van der Waals surface area contributed by atoms with Gasteiger partial charge in [0.15, 0.2) is 0 Å². The van der Waals surface area contributed by atoms with Crippen molar-refractivity contribution in [3.8, 4) is 0 Å². The average molecular weight is 321 g/mol. The van der Waals surface area contributed by atoms with Crippen LogP contribution in [-0.4, -0.2) is 21.7 Å². The minimum atomic E-state index is -0.177. The first kappa shape index (κ1) is 16.4. The summed E-state index contributed by atoms with van der Waals surface area (Å²) in [7, 11) is 1.73. The van der Waals surface area contributed by atoms with Gasteiger partial charge < -0.3 is 11.1 Å². The van der Waals surface area contributed by atoms with Crippen LogP contribution in [0.1, 0.15) is 35.0 Å². The summed E-state index contributed by atoms with van der Waals surface area (Å²) >= 11 is 5.89. The molecule has 0 unspecified atom stereocenters. The van der Waals surface area contributed by atoms with Crippen LogP contribution in [0.15, 0.2) is 24.3 Å². The number of aryl methyl sites for hydroxylation is 2. The first-order chi connectivity index (χ1) is 10.4. The lowest BCUT2D eigenvalue weighted by Gasteiger charge is -2.17. The summed E-state index contributed by atoms with van der Waals surface area (Å²) < 4.78 is 1.52. The molecule has 6 heteroatoms. The molecule has 0 radical (unpaired) electrons. The Kier molecular flexibility index (Phi) is 5.08. The quantitative estimate of drug-likeness (QED) is 0.889. The molecule has 0 spiro atoms. The highest BCUT2D eigenvalue weighted by Gasteiger charge is 2.20. The van der Waals surface area contributed by atoms with E-state index in [4.69, 9.17) is 17.3 Å².